The lowest BCUT2D eigenvalue weighted by Gasteiger charge is -2.08. The summed E-state index contributed by atoms with van der Waals surface area (Å²) < 4.78 is 42.0. The summed E-state index contributed by atoms with van der Waals surface area (Å²) >= 11 is 0. The molecule has 8 heteroatoms. The summed E-state index contributed by atoms with van der Waals surface area (Å²) in [5, 5.41) is 16.6. The van der Waals surface area contributed by atoms with Crippen molar-refractivity contribution in [2.75, 3.05) is 5.73 Å². The van der Waals surface area contributed by atoms with Crippen LogP contribution >= 0.6 is 0 Å². The summed E-state index contributed by atoms with van der Waals surface area (Å²) in [4.78, 5) is 0. The smallest absolute Gasteiger partial charge is 0.509 e. The fourth-order valence-corrected chi connectivity index (χ4v) is 0.799. The second-order valence-corrected chi connectivity index (χ2v) is 2.35. The average Bonchev–Trinajstić information content (AvgIpc) is 2.10. The van der Waals surface area contributed by atoms with Crippen LogP contribution in [0.4, 0.5) is 18.9 Å². The van der Waals surface area contributed by atoms with Gasteiger partial charge in [0.1, 0.15) is 5.75 Å². The average molecular weight is 207 g/mol. The van der Waals surface area contributed by atoms with Crippen molar-refractivity contribution < 1.29 is 27.9 Å². The maximum absolute atomic E-state index is 12.8. The van der Waals surface area contributed by atoms with E-state index in [0.29, 0.717) is 6.07 Å². The number of benzene rings is 1. The van der Waals surface area contributed by atoms with Crippen LogP contribution in [0.25, 0.3) is 0 Å². The molecule has 0 saturated heterocycles. The standard InChI is InChI=1S/C6H5BF3NO3/c8-4-2(11)1-3(14-7(12)13)5(9)6(4)10/h1,12-13H,11H2. The first-order valence-electron chi connectivity index (χ1n) is 3.39. The molecule has 0 spiro atoms. The molecule has 0 aromatic heterocycles. The molecule has 0 atom stereocenters. The molecule has 0 radical (unpaired) electrons. The van der Waals surface area contributed by atoms with E-state index in [1.165, 1.54) is 0 Å². The molecule has 1 aromatic rings. The van der Waals surface area contributed by atoms with Crippen LogP contribution in [0.1, 0.15) is 0 Å². The molecule has 0 amide bonds. The topological polar surface area (TPSA) is 75.7 Å². The Morgan fingerprint density at radius 3 is 2.21 bits per heavy atom. The van der Waals surface area contributed by atoms with Crippen molar-refractivity contribution in [1.29, 1.82) is 0 Å². The van der Waals surface area contributed by atoms with Gasteiger partial charge in [-0.05, 0) is 0 Å². The van der Waals surface area contributed by atoms with Crippen LogP contribution < -0.4 is 10.4 Å². The number of halogens is 3. The molecule has 0 bridgehead atoms. The lowest BCUT2D eigenvalue weighted by atomic mass is 10.2. The summed E-state index contributed by atoms with van der Waals surface area (Å²) in [7, 11) is -2.34. The monoisotopic (exact) mass is 207 g/mol. The molecule has 0 aliphatic heterocycles. The van der Waals surface area contributed by atoms with E-state index in [2.05, 4.69) is 4.65 Å². The third kappa shape index (κ3) is 1.91. The Labute approximate surface area is 76.9 Å². The van der Waals surface area contributed by atoms with Gasteiger partial charge in [-0.25, -0.2) is 8.78 Å². The summed E-state index contributed by atoms with van der Waals surface area (Å²) in [6, 6.07) is 0.604. The molecule has 4 N–H and O–H groups in total. The second-order valence-electron chi connectivity index (χ2n) is 2.35. The van der Waals surface area contributed by atoms with Gasteiger partial charge in [0.25, 0.3) is 0 Å². The zero-order valence-electron chi connectivity index (χ0n) is 6.67. The van der Waals surface area contributed by atoms with E-state index in [1.807, 2.05) is 0 Å². The van der Waals surface area contributed by atoms with Crippen LogP contribution in [0.15, 0.2) is 6.07 Å². The van der Waals surface area contributed by atoms with Crippen LogP contribution in [0, 0.1) is 17.5 Å². The van der Waals surface area contributed by atoms with Crippen molar-refractivity contribution in [2.24, 2.45) is 0 Å². The fraction of sp³-hybridized carbons (Fsp3) is 0. The fourth-order valence-electron chi connectivity index (χ4n) is 0.799. The molecule has 4 nitrogen and oxygen atoms in total. The van der Waals surface area contributed by atoms with Crippen LogP contribution in [-0.2, 0) is 0 Å². The predicted molar refractivity (Wildman–Crippen MR) is 41.5 cm³/mol. The Morgan fingerprint density at radius 2 is 1.71 bits per heavy atom. The highest BCUT2D eigenvalue weighted by Crippen LogP contribution is 2.26. The highest BCUT2D eigenvalue weighted by atomic mass is 19.2. The van der Waals surface area contributed by atoms with Gasteiger partial charge < -0.3 is 20.4 Å². The summed E-state index contributed by atoms with van der Waals surface area (Å²) in [6.07, 6.45) is 0. The van der Waals surface area contributed by atoms with Crippen molar-refractivity contribution in [3.63, 3.8) is 0 Å². The Balaban J connectivity index is 3.19. The van der Waals surface area contributed by atoms with Gasteiger partial charge in [0.15, 0.2) is 11.6 Å². The lowest BCUT2D eigenvalue weighted by molar-refractivity contribution is 0.278. The minimum atomic E-state index is -2.34. The van der Waals surface area contributed by atoms with Crippen molar-refractivity contribution in [1.82, 2.24) is 0 Å². The molecule has 76 valence electrons. The van der Waals surface area contributed by atoms with Gasteiger partial charge in [-0.15, -0.1) is 0 Å². The molecule has 0 saturated carbocycles. The molecule has 0 heterocycles. The minimum Gasteiger partial charge on any atom is -0.509 e. The lowest BCUT2D eigenvalue weighted by Crippen LogP contribution is -2.21. The highest BCUT2D eigenvalue weighted by Gasteiger charge is 2.21. The second kappa shape index (κ2) is 3.76. The van der Waals surface area contributed by atoms with Crippen LogP contribution in [0.3, 0.4) is 0 Å². The Hall–Kier alpha value is -1.41. The third-order valence-electron chi connectivity index (χ3n) is 1.37. The molecule has 0 fully saturated rings. The van der Waals surface area contributed by atoms with E-state index in [0.717, 1.165) is 0 Å². The first-order valence-corrected chi connectivity index (χ1v) is 3.39. The molecule has 0 aliphatic rings. The van der Waals surface area contributed by atoms with Gasteiger partial charge in [0.2, 0.25) is 5.82 Å². The maximum Gasteiger partial charge on any atom is 0.707 e. The number of hydrogen-bond acceptors (Lipinski definition) is 4. The van der Waals surface area contributed by atoms with Gasteiger partial charge in [-0.1, -0.05) is 0 Å². The van der Waals surface area contributed by atoms with Crippen molar-refractivity contribution >= 4 is 13.0 Å². The van der Waals surface area contributed by atoms with Crippen molar-refractivity contribution in [3.8, 4) is 5.75 Å². The first kappa shape index (κ1) is 10.7. The predicted octanol–water partition coefficient (Wildman–Crippen LogP) is 0.0344. The number of hydrogen-bond donors (Lipinski definition) is 3. The quantitative estimate of drug-likeness (QED) is 0.363. The third-order valence-corrected chi connectivity index (χ3v) is 1.37. The molecule has 1 rings (SSSR count). The van der Waals surface area contributed by atoms with Gasteiger partial charge in [-0.3, -0.25) is 0 Å². The molecule has 14 heavy (non-hydrogen) atoms. The zero-order chi connectivity index (χ0) is 10.9. The van der Waals surface area contributed by atoms with E-state index in [-0.39, 0.29) is 0 Å². The van der Waals surface area contributed by atoms with E-state index in [4.69, 9.17) is 15.8 Å². The van der Waals surface area contributed by atoms with Gasteiger partial charge in [0, 0.05) is 6.07 Å². The Kier molecular flexibility index (Phi) is 2.87. The Bertz CT molecular complexity index is 361. The number of nitrogens with two attached hydrogens (primary N) is 1. The molecule has 0 aliphatic carbocycles. The minimum absolute atomic E-state index is 0.604. The summed E-state index contributed by atoms with van der Waals surface area (Å²) in [5.41, 5.74) is 4.25. The Morgan fingerprint density at radius 1 is 1.14 bits per heavy atom. The molecule has 0 unspecified atom stereocenters. The molecular weight excluding hydrogens is 202 g/mol. The maximum atomic E-state index is 12.8. The summed E-state index contributed by atoms with van der Waals surface area (Å²) in [5.74, 6) is -5.94. The van der Waals surface area contributed by atoms with E-state index < -0.39 is 36.2 Å². The van der Waals surface area contributed by atoms with Crippen molar-refractivity contribution in [2.45, 2.75) is 0 Å². The normalized spacial score (nSPS) is 10.1. The van der Waals surface area contributed by atoms with Gasteiger partial charge in [-0.2, -0.15) is 4.39 Å². The van der Waals surface area contributed by atoms with E-state index in [1.54, 1.807) is 0 Å². The first-order chi connectivity index (χ1) is 6.43. The van der Waals surface area contributed by atoms with E-state index in [9.17, 15) is 13.2 Å². The number of rotatable bonds is 2. The zero-order valence-corrected chi connectivity index (χ0v) is 6.67. The number of anilines is 1. The highest BCUT2D eigenvalue weighted by molar-refractivity contribution is 6.33. The van der Waals surface area contributed by atoms with Crippen molar-refractivity contribution in [3.05, 3.63) is 23.5 Å². The SMILES string of the molecule is Nc1cc(OB(O)O)c(F)c(F)c1F. The van der Waals surface area contributed by atoms with Crippen LogP contribution in [0.5, 0.6) is 5.75 Å². The van der Waals surface area contributed by atoms with Crippen LogP contribution in [-0.4, -0.2) is 17.4 Å². The van der Waals surface area contributed by atoms with Gasteiger partial charge in [0.05, 0.1) is 5.69 Å². The molecule has 1 aromatic carbocycles. The largest absolute Gasteiger partial charge is 0.707 e. The van der Waals surface area contributed by atoms with E-state index >= 15 is 0 Å². The number of nitrogen functional groups attached to an aromatic ring is 1. The molecular formula is C6H5BF3NO3. The van der Waals surface area contributed by atoms with Crippen LogP contribution in [0.2, 0.25) is 0 Å². The summed E-state index contributed by atoms with van der Waals surface area (Å²) in [6.45, 7) is 0. The van der Waals surface area contributed by atoms with Gasteiger partial charge >= 0.3 is 7.32 Å².